The van der Waals surface area contributed by atoms with Gasteiger partial charge in [-0.3, -0.25) is 4.79 Å². The van der Waals surface area contributed by atoms with Crippen molar-refractivity contribution in [3.05, 3.63) is 42.7 Å². The molecule has 0 aliphatic rings. The number of rotatable bonds is 9. The van der Waals surface area contributed by atoms with Crippen LogP contribution in [0.15, 0.2) is 47.6 Å². The molecule has 0 spiro atoms. The topological polar surface area (TPSA) is 110 Å². The van der Waals surface area contributed by atoms with Crippen LogP contribution in [0, 0.1) is 5.92 Å². The Morgan fingerprint density at radius 2 is 1.74 bits per heavy atom. The van der Waals surface area contributed by atoms with Gasteiger partial charge in [-0.25, -0.2) is 23.1 Å². The van der Waals surface area contributed by atoms with Crippen molar-refractivity contribution in [2.24, 2.45) is 5.92 Å². The number of sulfonamides is 1. The van der Waals surface area contributed by atoms with Crippen molar-refractivity contribution in [1.29, 1.82) is 0 Å². The van der Waals surface area contributed by atoms with E-state index in [4.69, 9.17) is 4.74 Å². The lowest BCUT2D eigenvalue weighted by atomic mass is 10.1. The first-order valence-electron chi connectivity index (χ1n) is 8.60. The first kappa shape index (κ1) is 20.8. The van der Waals surface area contributed by atoms with E-state index in [-0.39, 0.29) is 16.8 Å². The maximum absolute atomic E-state index is 12.3. The van der Waals surface area contributed by atoms with Gasteiger partial charge >= 0.3 is 0 Å². The van der Waals surface area contributed by atoms with Gasteiger partial charge in [0.2, 0.25) is 5.95 Å². The van der Waals surface area contributed by atoms with Crippen molar-refractivity contribution in [1.82, 2.24) is 9.97 Å². The van der Waals surface area contributed by atoms with E-state index in [1.807, 2.05) is 0 Å². The predicted octanol–water partition coefficient (Wildman–Crippen LogP) is 2.67. The van der Waals surface area contributed by atoms with E-state index in [1.54, 1.807) is 13.0 Å². The number of hydrogen-bond acceptors (Lipinski definition) is 6. The Bertz CT molecular complexity index is 839. The van der Waals surface area contributed by atoms with Crippen LogP contribution in [0.5, 0.6) is 0 Å². The molecule has 0 fully saturated rings. The number of amides is 1. The number of carbonyl (C=O) groups is 1. The molecule has 2 rings (SSSR count). The highest BCUT2D eigenvalue weighted by atomic mass is 32.2. The van der Waals surface area contributed by atoms with Gasteiger partial charge in [0.15, 0.2) is 0 Å². The van der Waals surface area contributed by atoms with E-state index in [0.717, 1.165) is 6.42 Å². The van der Waals surface area contributed by atoms with Gasteiger partial charge in [-0.15, -0.1) is 0 Å². The molecule has 1 atom stereocenters. The Morgan fingerprint density at radius 1 is 1.11 bits per heavy atom. The molecule has 1 amide bonds. The summed E-state index contributed by atoms with van der Waals surface area (Å²) in [5.41, 5.74) is 0.481. The summed E-state index contributed by atoms with van der Waals surface area (Å²) in [6, 6.07) is 7.40. The van der Waals surface area contributed by atoms with Crippen molar-refractivity contribution < 1.29 is 17.9 Å². The quantitative estimate of drug-likeness (QED) is 0.679. The van der Waals surface area contributed by atoms with Crippen LogP contribution in [0.2, 0.25) is 0 Å². The molecule has 1 heterocycles. The second kappa shape index (κ2) is 9.43. The fourth-order valence-corrected chi connectivity index (χ4v) is 3.01. The molecule has 9 heteroatoms. The van der Waals surface area contributed by atoms with Crippen LogP contribution in [0.4, 0.5) is 11.6 Å². The monoisotopic (exact) mass is 392 g/mol. The number of nitrogens with zero attached hydrogens (tertiary/aromatic N) is 2. The minimum Gasteiger partial charge on any atom is -0.369 e. The van der Waals surface area contributed by atoms with Crippen LogP contribution in [0.25, 0.3) is 0 Å². The molecule has 1 aromatic carbocycles. The van der Waals surface area contributed by atoms with Crippen LogP contribution in [0.1, 0.15) is 27.2 Å². The molecule has 2 N–H and O–H groups in total. The first-order chi connectivity index (χ1) is 12.8. The summed E-state index contributed by atoms with van der Waals surface area (Å²) in [5, 5.41) is 2.70. The Labute approximate surface area is 159 Å². The van der Waals surface area contributed by atoms with Gasteiger partial charge in [0.1, 0.15) is 6.10 Å². The van der Waals surface area contributed by atoms with Crippen LogP contribution < -0.4 is 10.0 Å². The van der Waals surface area contributed by atoms with Gasteiger partial charge in [0.25, 0.3) is 15.9 Å². The number of hydrogen-bond donors (Lipinski definition) is 2. The smallest absolute Gasteiger partial charge is 0.264 e. The average Bonchev–Trinajstić information content (AvgIpc) is 2.62. The molecule has 146 valence electrons. The maximum atomic E-state index is 12.3. The number of carbonyl (C=O) groups excluding carboxylic acids is 1. The standard InChI is InChI=1S/C18H24N4O4S/c1-13(2)9-12-26-14(3)17(23)21-15-5-7-16(8-6-15)27(24,25)22-18-19-10-4-11-20-18/h4-8,10-11,13-14H,9,12H2,1-3H3,(H,21,23)(H,19,20,22). The highest BCUT2D eigenvalue weighted by molar-refractivity contribution is 7.92. The van der Waals surface area contributed by atoms with Gasteiger partial charge in [0, 0.05) is 24.7 Å². The summed E-state index contributed by atoms with van der Waals surface area (Å²) in [7, 11) is -3.81. The summed E-state index contributed by atoms with van der Waals surface area (Å²) in [6.45, 7) is 6.36. The summed E-state index contributed by atoms with van der Waals surface area (Å²) in [6.07, 6.45) is 3.16. The summed E-state index contributed by atoms with van der Waals surface area (Å²) in [5.74, 6) is 0.206. The van der Waals surface area contributed by atoms with Gasteiger partial charge in [0.05, 0.1) is 4.90 Å². The Morgan fingerprint density at radius 3 is 2.33 bits per heavy atom. The fourth-order valence-electron chi connectivity index (χ4n) is 2.05. The summed E-state index contributed by atoms with van der Waals surface area (Å²) >= 11 is 0. The average molecular weight is 392 g/mol. The molecule has 1 aromatic heterocycles. The molecule has 0 aliphatic heterocycles. The molecule has 0 saturated carbocycles. The molecule has 1 unspecified atom stereocenters. The van der Waals surface area contributed by atoms with Crippen molar-refractivity contribution in [2.45, 2.75) is 38.2 Å². The lowest BCUT2D eigenvalue weighted by Gasteiger charge is -2.14. The largest absolute Gasteiger partial charge is 0.369 e. The van der Waals surface area contributed by atoms with E-state index in [2.05, 4.69) is 33.9 Å². The lowest BCUT2D eigenvalue weighted by Crippen LogP contribution is -2.28. The summed E-state index contributed by atoms with van der Waals surface area (Å²) < 4.78 is 32.4. The molecule has 27 heavy (non-hydrogen) atoms. The van der Waals surface area contributed by atoms with Crippen molar-refractivity contribution in [3.63, 3.8) is 0 Å². The van der Waals surface area contributed by atoms with Gasteiger partial charge in [-0.1, -0.05) is 13.8 Å². The molecule has 2 aromatic rings. The number of ether oxygens (including phenoxy) is 1. The van der Waals surface area contributed by atoms with Gasteiger partial charge in [-0.05, 0) is 49.6 Å². The first-order valence-corrected chi connectivity index (χ1v) is 10.1. The van der Waals surface area contributed by atoms with E-state index >= 15 is 0 Å². The van der Waals surface area contributed by atoms with Crippen LogP contribution >= 0.6 is 0 Å². The molecule has 0 aliphatic carbocycles. The molecular formula is C18H24N4O4S. The summed E-state index contributed by atoms with van der Waals surface area (Å²) in [4.78, 5) is 19.8. The van der Waals surface area contributed by atoms with Crippen molar-refractivity contribution in [3.8, 4) is 0 Å². The second-order valence-electron chi connectivity index (χ2n) is 6.39. The Balaban J connectivity index is 1.95. The molecule has 0 bridgehead atoms. The van der Waals surface area contributed by atoms with Crippen LogP contribution in [-0.4, -0.2) is 37.0 Å². The van der Waals surface area contributed by atoms with E-state index in [1.165, 1.54) is 36.7 Å². The van der Waals surface area contributed by atoms with Crippen molar-refractivity contribution in [2.75, 3.05) is 16.6 Å². The minimum absolute atomic E-state index is 0.0118. The third-order valence-corrected chi connectivity index (χ3v) is 5.00. The van der Waals surface area contributed by atoms with Crippen LogP contribution in [-0.2, 0) is 19.6 Å². The number of nitrogens with one attached hydrogen (secondary N) is 2. The SMILES string of the molecule is CC(C)CCOC(C)C(=O)Nc1ccc(S(=O)(=O)Nc2ncccn2)cc1. The molecule has 0 saturated heterocycles. The normalized spacial score (nSPS) is 12.6. The molecule has 8 nitrogen and oxygen atoms in total. The van der Waals surface area contributed by atoms with Crippen LogP contribution in [0.3, 0.4) is 0 Å². The zero-order chi connectivity index (χ0) is 19.9. The number of aromatic nitrogens is 2. The van der Waals surface area contributed by atoms with E-state index in [0.29, 0.717) is 18.2 Å². The Hall–Kier alpha value is -2.52. The lowest BCUT2D eigenvalue weighted by molar-refractivity contribution is -0.126. The predicted molar refractivity (Wildman–Crippen MR) is 103 cm³/mol. The minimum atomic E-state index is -3.81. The fraction of sp³-hybridized carbons (Fsp3) is 0.389. The van der Waals surface area contributed by atoms with E-state index < -0.39 is 16.1 Å². The molecule has 0 radical (unpaired) electrons. The van der Waals surface area contributed by atoms with Gasteiger partial charge < -0.3 is 10.1 Å². The maximum Gasteiger partial charge on any atom is 0.264 e. The number of benzene rings is 1. The van der Waals surface area contributed by atoms with Crippen molar-refractivity contribution >= 4 is 27.6 Å². The zero-order valence-corrected chi connectivity index (χ0v) is 16.4. The second-order valence-corrected chi connectivity index (χ2v) is 8.07. The third kappa shape index (κ3) is 6.61. The highest BCUT2D eigenvalue weighted by Gasteiger charge is 2.17. The van der Waals surface area contributed by atoms with E-state index in [9.17, 15) is 13.2 Å². The number of anilines is 2. The highest BCUT2D eigenvalue weighted by Crippen LogP contribution is 2.16. The third-order valence-electron chi connectivity index (χ3n) is 3.66. The van der Waals surface area contributed by atoms with Gasteiger partial charge in [-0.2, -0.15) is 0 Å². The zero-order valence-electron chi connectivity index (χ0n) is 15.5. The Kier molecular flexibility index (Phi) is 7.26. The molecular weight excluding hydrogens is 368 g/mol.